The Hall–Kier alpha value is -0.560. The molecule has 1 aromatic rings. The fourth-order valence-electron chi connectivity index (χ4n) is 0.855. The van der Waals surface area contributed by atoms with E-state index in [1.54, 1.807) is 0 Å². The average Bonchev–Trinajstić information content (AvgIpc) is 2.03. The van der Waals surface area contributed by atoms with Crippen molar-refractivity contribution in [3.05, 3.63) is 40.4 Å². The highest BCUT2D eigenvalue weighted by Crippen LogP contribution is 2.17. The summed E-state index contributed by atoms with van der Waals surface area (Å²) in [7, 11) is 0. The summed E-state index contributed by atoms with van der Waals surface area (Å²) in [5.41, 5.74) is 1.24. The van der Waals surface area contributed by atoms with E-state index in [2.05, 4.69) is 47.1 Å². The number of allylic oxidation sites excluding steroid dienone is 1. The van der Waals surface area contributed by atoms with Crippen molar-refractivity contribution in [2.75, 3.05) is 0 Å². The lowest BCUT2D eigenvalue weighted by Crippen LogP contribution is -1.72. The van der Waals surface area contributed by atoms with Gasteiger partial charge in [-0.1, -0.05) is 53.2 Å². The molecule has 11 heavy (non-hydrogen) atoms. The van der Waals surface area contributed by atoms with Gasteiger partial charge in [-0.2, -0.15) is 0 Å². The topological polar surface area (TPSA) is 0 Å². The fourth-order valence-corrected chi connectivity index (χ4v) is 1.27. The molecule has 0 aliphatic carbocycles. The summed E-state index contributed by atoms with van der Waals surface area (Å²) in [6.07, 6.45) is 5.37. The molecule has 0 radical (unpaired) electrons. The van der Waals surface area contributed by atoms with E-state index >= 15 is 0 Å². The summed E-state index contributed by atoms with van der Waals surface area (Å²) in [6, 6.07) is 8.21. The summed E-state index contributed by atoms with van der Waals surface area (Å²) in [5.74, 6) is 0. The number of rotatable bonds is 2. The minimum atomic E-state index is 1.08. The van der Waals surface area contributed by atoms with Crippen LogP contribution in [0, 0.1) is 0 Å². The van der Waals surface area contributed by atoms with Gasteiger partial charge in [-0.25, -0.2) is 0 Å². The first kappa shape index (κ1) is 8.54. The Kier molecular flexibility index (Phi) is 3.37. The molecule has 0 aliphatic heterocycles. The van der Waals surface area contributed by atoms with Crippen molar-refractivity contribution in [3.63, 3.8) is 0 Å². The Labute approximate surface area is 76.1 Å². The van der Waals surface area contributed by atoms with E-state index in [9.17, 15) is 0 Å². The molecule has 1 heteroatoms. The van der Waals surface area contributed by atoms with Crippen molar-refractivity contribution < 1.29 is 0 Å². The Morgan fingerprint density at radius 1 is 1.36 bits per heavy atom. The van der Waals surface area contributed by atoms with E-state index in [4.69, 9.17) is 0 Å². The molecule has 0 amide bonds. The van der Waals surface area contributed by atoms with E-state index < -0.39 is 0 Å². The van der Waals surface area contributed by atoms with Crippen molar-refractivity contribution in [2.24, 2.45) is 0 Å². The Bertz CT molecular complexity index is 251. The molecule has 0 saturated heterocycles. The van der Waals surface area contributed by atoms with Gasteiger partial charge in [0.25, 0.3) is 0 Å². The molecular weight excluding hydrogens is 200 g/mol. The molecule has 0 aliphatic rings. The van der Waals surface area contributed by atoms with Crippen LogP contribution in [0.5, 0.6) is 0 Å². The second-order valence-corrected chi connectivity index (χ2v) is 3.19. The Balaban J connectivity index is 2.86. The molecule has 0 heterocycles. The highest BCUT2D eigenvalue weighted by Gasteiger charge is 1.90. The van der Waals surface area contributed by atoms with E-state index in [1.165, 1.54) is 5.56 Å². The predicted molar refractivity (Wildman–Crippen MR) is 53.5 cm³/mol. The largest absolute Gasteiger partial charge is 0.0842 e. The number of benzene rings is 1. The highest BCUT2D eigenvalue weighted by molar-refractivity contribution is 9.10. The van der Waals surface area contributed by atoms with Gasteiger partial charge < -0.3 is 0 Å². The van der Waals surface area contributed by atoms with Crippen molar-refractivity contribution in [1.82, 2.24) is 0 Å². The molecule has 0 unspecified atom stereocenters. The molecule has 0 nitrogen and oxygen atoms in total. The second-order valence-electron chi connectivity index (χ2n) is 2.33. The first-order valence-electron chi connectivity index (χ1n) is 3.75. The van der Waals surface area contributed by atoms with Gasteiger partial charge in [0.05, 0.1) is 0 Å². The first-order chi connectivity index (χ1) is 5.34. The second kappa shape index (κ2) is 4.35. The van der Waals surface area contributed by atoms with Crippen LogP contribution in [0.2, 0.25) is 0 Å². The monoisotopic (exact) mass is 210 g/mol. The molecule has 0 saturated carbocycles. The Morgan fingerprint density at radius 2 is 2.09 bits per heavy atom. The van der Waals surface area contributed by atoms with Crippen molar-refractivity contribution in [2.45, 2.75) is 13.3 Å². The van der Waals surface area contributed by atoms with Gasteiger partial charge >= 0.3 is 0 Å². The summed E-state index contributed by atoms with van der Waals surface area (Å²) in [6.45, 7) is 2.13. The molecule has 0 bridgehead atoms. The molecule has 0 fully saturated rings. The highest BCUT2D eigenvalue weighted by atomic mass is 79.9. The van der Waals surface area contributed by atoms with Crippen LogP contribution in [0.4, 0.5) is 0 Å². The third-order valence-corrected chi connectivity index (χ3v) is 2.16. The van der Waals surface area contributed by atoms with Gasteiger partial charge in [-0.05, 0) is 18.1 Å². The number of halogens is 1. The van der Waals surface area contributed by atoms with E-state index in [0.717, 1.165) is 10.9 Å². The SMILES string of the molecule is CCC=Cc1ccccc1Br. The Morgan fingerprint density at radius 3 is 2.73 bits per heavy atom. The third kappa shape index (κ3) is 2.51. The predicted octanol–water partition coefficient (Wildman–Crippen LogP) is 3.87. The maximum atomic E-state index is 3.48. The summed E-state index contributed by atoms with van der Waals surface area (Å²) in [5, 5.41) is 0. The zero-order valence-corrected chi connectivity index (χ0v) is 8.14. The minimum absolute atomic E-state index is 1.08. The van der Waals surface area contributed by atoms with Crippen molar-refractivity contribution >= 4 is 22.0 Å². The van der Waals surface area contributed by atoms with Crippen LogP contribution in [0.3, 0.4) is 0 Å². The molecule has 1 aromatic carbocycles. The zero-order valence-electron chi connectivity index (χ0n) is 6.55. The van der Waals surface area contributed by atoms with Crippen molar-refractivity contribution in [1.29, 1.82) is 0 Å². The van der Waals surface area contributed by atoms with Gasteiger partial charge in [0.2, 0.25) is 0 Å². The van der Waals surface area contributed by atoms with Gasteiger partial charge in [0, 0.05) is 4.47 Å². The van der Waals surface area contributed by atoms with Crippen molar-refractivity contribution in [3.8, 4) is 0 Å². The van der Waals surface area contributed by atoms with Gasteiger partial charge in [-0.15, -0.1) is 0 Å². The van der Waals surface area contributed by atoms with Crippen LogP contribution in [0.15, 0.2) is 34.8 Å². The number of hydrogen-bond acceptors (Lipinski definition) is 0. The lowest BCUT2D eigenvalue weighted by molar-refractivity contribution is 1.23. The third-order valence-electron chi connectivity index (χ3n) is 1.44. The quantitative estimate of drug-likeness (QED) is 0.696. The van der Waals surface area contributed by atoms with E-state index in [0.29, 0.717) is 0 Å². The molecule has 0 atom stereocenters. The van der Waals surface area contributed by atoms with Gasteiger partial charge in [0.1, 0.15) is 0 Å². The smallest absolute Gasteiger partial charge is 0.0247 e. The molecule has 0 aromatic heterocycles. The summed E-state index contributed by atoms with van der Waals surface area (Å²) in [4.78, 5) is 0. The summed E-state index contributed by atoms with van der Waals surface area (Å²) < 4.78 is 1.16. The first-order valence-corrected chi connectivity index (χ1v) is 4.55. The van der Waals surface area contributed by atoms with E-state index in [1.807, 2.05) is 12.1 Å². The fraction of sp³-hybridized carbons (Fsp3) is 0.200. The van der Waals surface area contributed by atoms with Gasteiger partial charge in [-0.3, -0.25) is 0 Å². The minimum Gasteiger partial charge on any atom is -0.0842 e. The van der Waals surface area contributed by atoms with Crippen LogP contribution >= 0.6 is 15.9 Å². The standard InChI is InChI=1S/C10H11Br/c1-2-3-6-9-7-4-5-8-10(9)11/h3-8H,2H2,1H3. The normalized spacial score (nSPS) is 10.7. The van der Waals surface area contributed by atoms with Crippen LogP contribution in [-0.2, 0) is 0 Å². The summed E-state index contributed by atoms with van der Waals surface area (Å²) >= 11 is 3.48. The lowest BCUT2D eigenvalue weighted by Gasteiger charge is -1.95. The molecule has 58 valence electrons. The lowest BCUT2D eigenvalue weighted by atomic mass is 10.2. The van der Waals surface area contributed by atoms with Gasteiger partial charge in [0.15, 0.2) is 0 Å². The maximum Gasteiger partial charge on any atom is 0.0247 e. The van der Waals surface area contributed by atoms with E-state index in [-0.39, 0.29) is 0 Å². The average molecular weight is 211 g/mol. The maximum absolute atomic E-state index is 3.48. The van der Waals surface area contributed by atoms with Crippen LogP contribution in [-0.4, -0.2) is 0 Å². The molecule has 0 spiro atoms. The molecule has 1 rings (SSSR count). The van der Waals surface area contributed by atoms with Crippen LogP contribution < -0.4 is 0 Å². The number of hydrogen-bond donors (Lipinski definition) is 0. The zero-order chi connectivity index (χ0) is 8.10. The molecular formula is C10H11Br. The molecule has 0 N–H and O–H groups in total. The van der Waals surface area contributed by atoms with Crippen LogP contribution in [0.25, 0.3) is 6.08 Å². The van der Waals surface area contributed by atoms with Crippen LogP contribution in [0.1, 0.15) is 18.9 Å².